The van der Waals surface area contributed by atoms with Crippen LogP contribution < -0.4 is 10.1 Å². The fourth-order valence-corrected chi connectivity index (χ4v) is 6.84. The molecule has 4 rings (SSSR count). The molecule has 1 atom stereocenters. The fourth-order valence-electron chi connectivity index (χ4n) is 4.17. The summed E-state index contributed by atoms with van der Waals surface area (Å²) < 4.78 is 36.0. The molecule has 1 aliphatic carbocycles. The second-order valence-electron chi connectivity index (χ2n) is 8.39. The summed E-state index contributed by atoms with van der Waals surface area (Å²) in [5, 5.41) is 2.19. The van der Waals surface area contributed by atoms with Crippen LogP contribution in [-0.4, -0.2) is 48.7 Å². The van der Waals surface area contributed by atoms with Crippen molar-refractivity contribution in [1.29, 1.82) is 0 Å². The summed E-state index contributed by atoms with van der Waals surface area (Å²) in [6.45, 7) is 0. The van der Waals surface area contributed by atoms with E-state index < -0.39 is 15.3 Å². The molecule has 2 aromatic rings. The molecule has 0 unspecified atom stereocenters. The Kier molecular flexibility index (Phi) is 8.18. The maximum Gasteiger partial charge on any atom is 0.284 e. The Labute approximate surface area is 217 Å². The van der Waals surface area contributed by atoms with Crippen LogP contribution in [0.1, 0.15) is 38.5 Å². The minimum Gasteiger partial charge on any atom is -0.497 e. The Morgan fingerprint density at radius 1 is 1.11 bits per heavy atom. The molecule has 8 nitrogen and oxygen atoms in total. The highest BCUT2D eigenvalue weighted by Gasteiger charge is 2.43. The van der Waals surface area contributed by atoms with Crippen LogP contribution in [0.4, 0.5) is 5.69 Å². The number of thioether (sulfide) groups is 1. The summed E-state index contributed by atoms with van der Waals surface area (Å²) in [5.41, 5.74) is 0.585. The van der Waals surface area contributed by atoms with Gasteiger partial charge in [-0.05, 0) is 61.4 Å². The molecular weight excluding hydrogens is 554 g/mol. The number of anilines is 1. The third-order valence-electron chi connectivity index (χ3n) is 5.96. The van der Waals surface area contributed by atoms with E-state index in [9.17, 15) is 18.0 Å². The average molecular weight is 581 g/mol. The maximum absolute atomic E-state index is 13.4. The summed E-state index contributed by atoms with van der Waals surface area (Å²) in [4.78, 5) is 27.7. The number of sulfonamides is 1. The van der Waals surface area contributed by atoms with Crippen molar-refractivity contribution in [3.63, 3.8) is 0 Å². The first-order chi connectivity index (χ1) is 16.8. The molecule has 11 heteroatoms. The number of amidine groups is 1. The van der Waals surface area contributed by atoms with Gasteiger partial charge in [-0.25, -0.2) is 0 Å². The fraction of sp³-hybridized carbons (Fsp3) is 0.375. The van der Waals surface area contributed by atoms with Crippen molar-refractivity contribution < 1.29 is 22.7 Å². The predicted molar refractivity (Wildman–Crippen MR) is 140 cm³/mol. The van der Waals surface area contributed by atoms with Gasteiger partial charge in [-0.3, -0.25) is 14.5 Å². The van der Waals surface area contributed by atoms with E-state index in [2.05, 4.69) is 25.6 Å². The van der Waals surface area contributed by atoms with Crippen molar-refractivity contribution in [3.8, 4) is 5.75 Å². The van der Waals surface area contributed by atoms with Gasteiger partial charge in [0, 0.05) is 22.6 Å². The number of ether oxygens (including phenoxy) is 1. The minimum absolute atomic E-state index is 0.0468. The van der Waals surface area contributed by atoms with Gasteiger partial charge in [0.15, 0.2) is 5.17 Å². The van der Waals surface area contributed by atoms with Gasteiger partial charge >= 0.3 is 0 Å². The van der Waals surface area contributed by atoms with Crippen LogP contribution in [-0.2, 0) is 19.6 Å². The van der Waals surface area contributed by atoms with Crippen molar-refractivity contribution >= 4 is 60.4 Å². The van der Waals surface area contributed by atoms with E-state index in [0.29, 0.717) is 11.4 Å². The first-order valence-electron chi connectivity index (χ1n) is 11.3. The molecule has 2 aromatic carbocycles. The monoisotopic (exact) mass is 579 g/mol. The second-order valence-corrected chi connectivity index (χ2v) is 12.1. The van der Waals surface area contributed by atoms with Gasteiger partial charge in [0.25, 0.3) is 10.0 Å². The standard InChI is InChI=1S/C24H26BrN3O5S2/c1-33-19-11-9-17(10-12-19)26-22(29)15-21-23(30)28(18-5-3-2-4-6-18)24(34-21)27-35(31,32)20-13-7-16(25)8-14-20/h7-14,18,21H,2-6,15H2,1H3,(H,26,29)/t21-/m1/s1. The molecule has 2 fully saturated rings. The van der Waals surface area contributed by atoms with Gasteiger partial charge in [-0.1, -0.05) is 47.0 Å². The Balaban J connectivity index is 1.55. The number of amides is 2. The Hall–Kier alpha value is -2.37. The molecule has 1 aliphatic heterocycles. The van der Waals surface area contributed by atoms with Gasteiger partial charge in [-0.2, -0.15) is 8.42 Å². The normalized spacial score (nSPS) is 20.3. The van der Waals surface area contributed by atoms with Gasteiger partial charge < -0.3 is 10.1 Å². The lowest BCUT2D eigenvalue weighted by Gasteiger charge is -2.30. The van der Waals surface area contributed by atoms with E-state index in [4.69, 9.17) is 4.74 Å². The summed E-state index contributed by atoms with van der Waals surface area (Å²) in [6, 6.07) is 13.0. The highest BCUT2D eigenvalue weighted by Crippen LogP contribution is 2.36. The number of carbonyl (C=O) groups excluding carboxylic acids is 2. The third-order valence-corrected chi connectivity index (χ3v) is 9.04. The summed E-state index contributed by atoms with van der Waals surface area (Å²) >= 11 is 4.35. The molecule has 0 spiro atoms. The minimum atomic E-state index is -4.02. The zero-order chi connectivity index (χ0) is 25.0. The van der Waals surface area contributed by atoms with E-state index in [1.165, 1.54) is 17.0 Å². The van der Waals surface area contributed by atoms with Crippen LogP contribution in [0, 0.1) is 0 Å². The molecular formula is C24H26BrN3O5S2. The molecule has 0 radical (unpaired) electrons. The number of carbonyl (C=O) groups is 2. The number of benzene rings is 2. The highest BCUT2D eigenvalue weighted by molar-refractivity contribution is 9.10. The van der Waals surface area contributed by atoms with Crippen LogP contribution in [0.3, 0.4) is 0 Å². The van der Waals surface area contributed by atoms with Crippen LogP contribution >= 0.6 is 27.7 Å². The lowest BCUT2D eigenvalue weighted by atomic mass is 9.94. The predicted octanol–water partition coefficient (Wildman–Crippen LogP) is 4.81. The van der Waals surface area contributed by atoms with E-state index in [1.807, 2.05) is 0 Å². The first-order valence-corrected chi connectivity index (χ1v) is 14.4. The third kappa shape index (κ3) is 6.25. The number of nitrogens with zero attached hydrogens (tertiary/aromatic N) is 2. The number of methoxy groups -OCH3 is 1. The molecule has 0 bridgehead atoms. The molecule has 1 heterocycles. The van der Waals surface area contributed by atoms with Crippen LogP contribution in [0.25, 0.3) is 0 Å². The van der Waals surface area contributed by atoms with Gasteiger partial charge in [0.2, 0.25) is 11.8 Å². The van der Waals surface area contributed by atoms with Crippen molar-refractivity contribution in [2.75, 3.05) is 12.4 Å². The SMILES string of the molecule is COc1ccc(NC(=O)C[C@H]2SC(=NS(=O)(=O)c3ccc(Br)cc3)N(C3CCCCC3)C2=O)cc1. The van der Waals surface area contributed by atoms with Gasteiger partial charge in [0.1, 0.15) is 11.0 Å². The van der Waals surface area contributed by atoms with Crippen molar-refractivity contribution in [2.45, 2.75) is 54.7 Å². The van der Waals surface area contributed by atoms with E-state index in [0.717, 1.165) is 48.3 Å². The lowest BCUT2D eigenvalue weighted by molar-refractivity contribution is -0.130. The zero-order valence-corrected chi connectivity index (χ0v) is 22.4. The van der Waals surface area contributed by atoms with Gasteiger partial charge in [0.05, 0.1) is 12.0 Å². The second kappa shape index (κ2) is 11.1. The molecule has 1 N–H and O–H groups in total. The smallest absolute Gasteiger partial charge is 0.284 e. The number of nitrogens with one attached hydrogen (secondary N) is 1. The quantitative estimate of drug-likeness (QED) is 0.504. The van der Waals surface area contributed by atoms with Crippen molar-refractivity contribution in [3.05, 3.63) is 53.0 Å². The summed E-state index contributed by atoms with van der Waals surface area (Å²) in [5.74, 6) is 0.0682. The van der Waals surface area contributed by atoms with Crippen LogP contribution in [0.2, 0.25) is 0 Å². The first kappa shape index (κ1) is 25.7. The van der Waals surface area contributed by atoms with Crippen LogP contribution in [0.5, 0.6) is 5.75 Å². The number of hydrogen-bond donors (Lipinski definition) is 1. The molecule has 35 heavy (non-hydrogen) atoms. The number of halogens is 1. The topological polar surface area (TPSA) is 105 Å². The Bertz CT molecular complexity index is 1210. The molecule has 2 aliphatic rings. The van der Waals surface area contributed by atoms with Crippen LogP contribution in [0.15, 0.2) is 62.3 Å². The largest absolute Gasteiger partial charge is 0.497 e. The zero-order valence-electron chi connectivity index (χ0n) is 19.1. The molecule has 1 saturated carbocycles. The number of rotatable bonds is 7. The summed E-state index contributed by atoms with van der Waals surface area (Å²) in [7, 11) is -2.46. The van der Waals surface area contributed by atoms with Gasteiger partial charge in [-0.15, -0.1) is 4.40 Å². The average Bonchev–Trinajstić information content (AvgIpc) is 3.13. The molecule has 0 aromatic heterocycles. The van der Waals surface area contributed by atoms with E-state index in [-0.39, 0.29) is 34.3 Å². The molecule has 2 amide bonds. The van der Waals surface area contributed by atoms with E-state index >= 15 is 0 Å². The molecule has 1 saturated heterocycles. The number of hydrogen-bond acceptors (Lipinski definition) is 6. The molecule has 186 valence electrons. The van der Waals surface area contributed by atoms with Crippen molar-refractivity contribution in [1.82, 2.24) is 4.90 Å². The summed E-state index contributed by atoms with van der Waals surface area (Å²) in [6.07, 6.45) is 4.50. The maximum atomic E-state index is 13.4. The van der Waals surface area contributed by atoms with Crippen molar-refractivity contribution in [2.24, 2.45) is 4.40 Å². The van der Waals surface area contributed by atoms with E-state index in [1.54, 1.807) is 43.5 Å². The lowest BCUT2D eigenvalue weighted by Crippen LogP contribution is -2.42. The Morgan fingerprint density at radius 3 is 2.40 bits per heavy atom. The highest BCUT2D eigenvalue weighted by atomic mass is 79.9. The Morgan fingerprint density at radius 2 is 1.77 bits per heavy atom.